The number of allylic oxidation sites excluding steroid dienone is 6. The van der Waals surface area contributed by atoms with E-state index in [1.165, 1.54) is 0 Å². The van der Waals surface area contributed by atoms with Crippen molar-refractivity contribution in [1.82, 2.24) is 4.90 Å². The molecule has 2 aliphatic rings. The molecule has 1 saturated carbocycles. The van der Waals surface area contributed by atoms with Gasteiger partial charge in [-0.05, 0) is 29.2 Å². The Kier molecular flexibility index (Phi) is 3.56. The molecule has 0 spiro atoms. The van der Waals surface area contributed by atoms with E-state index in [9.17, 15) is 9.59 Å². The van der Waals surface area contributed by atoms with Crippen LogP contribution in [0.2, 0.25) is 0 Å². The number of carbonyl (C=O) groups excluding carboxylic acids is 2. The molecule has 0 bridgehead atoms. The second-order valence-electron chi connectivity index (χ2n) is 5.91. The summed E-state index contributed by atoms with van der Waals surface area (Å²) in [6.45, 7) is 3.92. The molecule has 1 aliphatic heterocycles. The van der Waals surface area contributed by atoms with Gasteiger partial charge in [-0.1, -0.05) is 19.9 Å². The fourth-order valence-electron chi connectivity index (χ4n) is 2.27. The highest BCUT2D eigenvalue weighted by atomic mass is 16.1. The Labute approximate surface area is 114 Å². The van der Waals surface area contributed by atoms with Crippen LogP contribution < -0.4 is 0 Å². The van der Waals surface area contributed by atoms with Crippen molar-refractivity contribution in [1.29, 1.82) is 0 Å². The second-order valence-corrected chi connectivity index (χ2v) is 5.91. The Balaban J connectivity index is 2.18. The lowest BCUT2D eigenvalue weighted by Gasteiger charge is -2.28. The molecule has 0 amide bonds. The zero-order valence-electron chi connectivity index (χ0n) is 11.6. The molecule has 0 saturated heterocycles. The first-order valence-electron chi connectivity index (χ1n) is 6.44. The van der Waals surface area contributed by atoms with E-state index in [0.717, 1.165) is 5.57 Å². The van der Waals surface area contributed by atoms with Crippen LogP contribution in [-0.2, 0) is 9.59 Å². The summed E-state index contributed by atoms with van der Waals surface area (Å²) in [5.74, 6) is -0.0852. The van der Waals surface area contributed by atoms with E-state index in [1.807, 2.05) is 56.4 Å². The molecule has 0 unspecified atom stereocenters. The van der Waals surface area contributed by atoms with Crippen molar-refractivity contribution in [3.05, 3.63) is 47.9 Å². The maximum absolute atomic E-state index is 12.0. The van der Waals surface area contributed by atoms with Gasteiger partial charge < -0.3 is 4.90 Å². The predicted octanol–water partition coefficient (Wildman–Crippen LogP) is 2.77. The molecule has 1 aliphatic carbocycles. The van der Waals surface area contributed by atoms with Crippen LogP contribution in [-0.4, -0.2) is 23.5 Å². The zero-order valence-corrected chi connectivity index (χ0v) is 11.6. The lowest BCUT2D eigenvalue weighted by atomic mass is 9.74. The lowest BCUT2D eigenvalue weighted by Crippen LogP contribution is -2.31. The zero-order chi connectivity index (χ0) is 14.0. The number of ketones is 2. The topological polar surface area (TPSA) is 37.4 Å². The van der Waals surface area contributed by atoms with Crippen molar-refractivity contribution in [3.8, 4) is 0 Å². The quantitative estimate of drug-likeness (QED) is 0.535. The molecule has 100 valence electrons. The van der Waals surface area contributed by atoms with E-state index in [1.54, 1.807) is 6.08 Å². The monoisotopic (exact) mass is 257 g/mol. The van der Waals surface area contributed by atoms with Gasteiger partial charge in [-0.3, -0.25) is 9.59 Å². The number of rotatable bonds is 1. The SMILES string of the molecule is CN1C=CC(=CC=C2C(=O)CC(C)(C)CC2=O)C=C1. The van der Waals surface area contributed by atoms with Crippen LogP contribution in [0.25, 0.3) is 0 Å². The summed E-state index contributed by atoms with van der Waals surface area (Å²) in [6, 6.07) is 0. The maximum Gasteiger partial charge on any atom is 0.166 e. The third-order valence-corrected chi connectivity index (χ3v) is 3.33. The normalized spacial score (nSPS) is 21.9. The Bertz CT molecular complexity index is 495. The lowest BCUT2D eigenvalue weighted by molar-refractivity contribution is -0.127. The van der Waals surface area contributed by atoms with E-state index in [2.05, 4.69) is 0 Å². The van der Waals surface area contributed by atoms with E-state index in [-0.39, 0.29) is 17.0 Å². The predicted molar refractivity (Wildman–Crippen MR) is 75.2 cm³/mol. The van der Waals surface area contributed by atoms with E-state index >= 15 is 0 Å². The molecule has 0 aromatic carbocycles. The third-order valence-electron chi connectivity index (χ3n) is 3.33. The number of nitrogens with zero attached hydrogens (tertiary/aromatic N) is 1. The first kappa shape index (κ1) is 13.5. The average molecular weight is 257 g/mol. The minimum atomic E-state index is -0.202. The van der Waals surface area contributed by atoms with Crippen LogP contribution in [0.1, 0.15) is 26.7 Å². The van der Waals surface area contributed by atoms with Crippen LogP contribution in [0.5, 0.6) is 0 Å². The van der Waals surface area contributed by atoms with E-state index < -0.39 is 0 Å². The van der Waals surface area contributed by atoms with Gasteiger partial charge in [-0.15, -0.1) is 0 Å². The van der Waals surface area contributed by atoms with Crippen LogP contribution in [0.3, 0.4) is 0 Å². The Morgan fingerprint density at radius 1 is 1.05 bits per heavy atom. The Hall–Kier alpha value is -1.90. The highest BCUT2D eigenvalue weighted by Crippen LogP contribution is 2.33. The highest BCUT2D eigenvalue weighted by molar-refractivity contribution is 6.22. The van der Waals surface area contributed by atoms with Crippen molar-refractivity contribution in [2.24, 2.45) is 5.41 Å². The summed E-state index contributed by atoms with van der Waals surface area (Å²) in [7, 11) is 1.94. The molecule has 3 heteroatoms. The van der Waals surface area contributed by atoms with Gasteiger partial charge >= 0.3 is 0 Å². The van der Waals surface area contributed by atoms with Crippen molar-refractivity contribution in [2.45, 2.75) is 26.7 Å². The first-order valence-corrected chi connectivity index (χ1v) is 6.44. The molecule has 0 aromatic rings. The molecule has 19 heavy (non-hydrogen) atoms. The van der Waals surface area contributed by atoms with Crippen molar-refractivity contribution < 1.29 is 9.59 Å². The minimum absolute atomic E-state index is 0.0426. The smallest absolute Gasteiger partial charge is 0.166 e. The largest absolute Gasteiger partial charge is 0.357 e. The van der Waals surface area contributed by atoms with Gasteiger partial charge in [0.25, 0.3) is 0 Å². The molecule has 1 fully saturated rings. The van der Waals surface area contributed by atoms with Crippen molar-refractivity contribution >= 4 is 11.6 Å². The maximum atomic E-state index is 12.0. The second kappa shape index (κ2) is 5.00. The van der Waals surface area contributed by atoms with Gasteiger partial charge in [0, 0.05) is 32.3 Å². The highest BCUT2D eigenvalue weighted by Gasteiger charge is 2.35. The van der Waals surface area contributed by atoms with Gasteiger partial charge in [0.15, 0.2) is 11.6 Å². The van der Waals surface area contributed by atoms with Crippen molar-refractivity contribution in [2.75, 3.05) is 7.05 Å². The summed E-state index contributed by atoms with van der Waals surface area (Å²) in [5, 5.41) is 0. The van der Waals surface area contributed by atoms with Crippen LogP contribution in [0.15, 0.2) is 47.9 Å². The summed E-state index contributed by atoms with van der Waals surface area (Å²) >= 11 is 0. The number of carbonyl (C=O) groups is 2. The summed E-state index contributed by atoms with van der Waals surface area (Å²) in [5.41, 5.74) is 1.12. The molecule has 0 N–H and O–H groups in total. The molecule has 0 aromatic heterocycles. The summed E-state index contributed by atoms with van der Waals surface area (Å²) < 4.78 is 0. The van der Waals surface area contributed by atoms with Gasteiger partial charge in [-0.25, -0.2) is 0 Å². The van der Waals surface area contributed by atoms with E-state index in [0.29, 0.717) is 18.4 Å². The van der Waals surface area contributed by atoms with E-state index in [4.69, 9.17) is 0 Å². The number of hydrogen-bond acceptors (Lipinski definition) is 3. The Morgan fingerprint density at radius 3 is 2.11 bits per heavy atom. The Morgan fingerprint density at radius 2 is 1.58 bits per heavy atom. The molecular formula is C16H19NO2. The standard InChI is InChI=1S/C16H19NO2/c1-16(2)10-14(18)13(15(19)11-16)5-4-12-6-8-17(3)9-7-12/h4-9H,10-11H2,1-3H3. The number of hydrogen-bond donors (Lipinski definition) is 0. The first-order chi connectivity index (χ1) is 8.87. The van der Waals surface area contributed by atoms with Gasteiger partial charge in [-0.2, -0.15) is 0 Å². The summed E-state index contributed by atoms with van der Waals surface area (Å²) in [4.78, 5) is 25.9. The average Bonchev–Trinajstić information content (AvgIpc) is 2.29. The fraction of sp³-hybridized carbons (Fsp3) is 0.375. The van der Waals surface area contributed by atoms with Crippen LogP contribution >= 0.6 is 0 Å². The van der Waals surface area contributed by atoms with Crippen LogP contribution in [0.4, 0.5) is 0 Å². The molecular weight excluding hydrogens is 238 g/mol. The molecule has 0 atom stereocenters. The van der Waals surface area contributed by atoms with Crippen LogP contribution in [0, 0.1) is 5.41 Å². The molecule has 3 nitrogen and oxygen atoms in total. The minimum Gasteiger partial charge on any atom is -0.357 e. The molecule has 1 heterocycles. The fourth-order valence-corrected chi connectivity index (χ4v) is 2.27. The third kappa shape index (κ3) is 3.31. The number of Topliss-reactive ketones (excluding diaryl/α,β-unsaturated/α-hetero) is 2. The summed E-state index contributed by atoms with van der Waals surface area (Å²) in [6.07, 6.45) is 12.1. The van der Waals surface area contributed by atoms with Gasteiger partial charge in [0.2, 0.25) is 0 Å². The molecule has 2 rings (SSSR count). The van der Waals surface area contributed by atoms with Gasteiger partial charge in [0.05, 0.1) is 5.57 Å². The van der Waals surface area contributed by atoms with Crippen molar-refractivity contribution in [3.63, 3.8) is 0 Å². The molecule has 0 radical (unpaired) electrons. The van der Waals surface area contributed by atoms with Gasteiger partial charge in [0.1, 0.15) is 0 Å².